The van der Waals surface area contributed by atoms with E-state index >= 15 is 0 Å². The largest absolute Gasteiger partial charge is 0.478 e. The minimum absolute atomic E-state index is 0.0982. The van der Waals surface area contributed by atoms with Crippen molar-refractivity contribution >= 4 is 5.97 Å². The maximum absolute atomic E-state index is 10.1. The summed E-state index contributed by atoms with van der Waals surface area (Å²) in [6, 6.07) is 0. The monoisotopic (exact) mass is 144 g/mol. The molecule has 0 heterocycles. The Balaban J connectivity index is 4.18. The fourth-order valence-electron chi connectivity index (χ4n) is 0.553. The summed E-state index contributed by atoms with van der Waals surface area (Å²) >= 11 is 0. The molecule has 0 saturated heterocycles. The Morgan fingerprint density at radius 1 is 1.60 bits per heavy atom. The highest BCUT2D eigenvalue weighted by Gasteiger charge is 2.02. The summed E-state index contributed by atoms with van der Waals surface area (Å²) in [5.74, 6) is -0.904. The third-order valence-electron chi connectivity index (χ3n) is 1.23. The molecule has 0 aromatic heterocycles. The van der Waals surface area contributed by atoms with Gasteiger partial charge in [-0.3, -0.25) is 0 Å². The zero-order valence-electron chi connectivity index (χ0n) is 6.16. The van der Waals surface area contributed by atoms with Gasteiger partial charge in [-0.25, -0.2) is 4.79 Å². The van der Waals surface area contributed by atoms with Crippen LogP contribution >= 0.6 is 0 Å². The van der Waals surface area contributed by atoms with E-state index in [0.717, 1.165) is 6.08 Å². The maximum atomic E-state index is 10.1. The van der Waals surface area contributed by atoms with Gasteiger partial charge in [0.1, 0.15) is 0 Å². The molecule has 3 heteroatoms. The molecule has 0 aromatic rings. The first-order valence-corrected chi connectivity index (χ1v) is 3.12. The summed E-state index contributed by atoms with van der Waals surface area (Å²) in [4.78, 5) is 10.1. The first kappa shape index (κ1) is 9.17. The number of aliphatic carboxylic acids is 1. The van der Waals surface area contributed by atoms with E-state index in [0.29, 0.717) is 5.57 Å². The van der Waals surface area contributed by atoms with Crippen molar-refractivity contribution in [3.05, 3.63) is 11.6 Å². The molecular weight excluding hydrogens is 132 g/mol. The van der Waals surface area contributed by atoms with Gasteiger partial charge in [0.05, 0.1) is 6.61 Å². The Labute approximate surface area is 60.0 Å². The summed E-state index contributed by atoms with van der Waals surface area (Å²) in [6.45, 7) is 3.50. The molecule has 0 rings (SSSR count). The Kier molecular flexibility index (Phi) is 3.72. The lowest BCUT2D eigenvalue weighted by atomic mass is 10.0. The van der Waals surface area contributed by atoms with Crippen LogP contribution in [0.2, 0.25) is 0 Å². The van der Waals surface area contributed by atoms with E-state index < -0.39 is 5.97 Å². The van der Waals surface area contributed by atoms with Gasteiger partial charge in [0, 0.05) is 6.08 Å². The van der Waals surface area contributed by atoms with Crippen LogP contribution in [0.15, 0.2) is 11.6 Å². The fraction of sp³-hybridized carbons (Fsp3) is 0.571. The van der Waals surface area contributed by atoms with Crippen LogP contribution in [0, 0.1) is 5.92 Å². The van der Waals surface area contributed by atoms with E-state index in [2.05, 4.69) is 0 Å². The topological polar surface area (TPSA) is 57.5 Å². The van der Waals surface area contributed by atoms with Crippen molar-refractivity contribution in [1.82, 2.24) is 0 Å². The molecule has 0 amide bonds. The van der Waals surface area contributed by atoms with E-state index in [4.69, 9.17) is 10.2 Å². The molecule has 3 nitrogen and oxygen atoms in total. The molecule has 0 fully saturated rings. The van der Waals surface area contributed by atoms with Crippen LogP contribution in [0.5, 0.6) is 0 Å². The molecular formula is C7H12O3. The summed E-state index contributed by atoms with van der Waals surface area (Å²) in [7, 11) is 0. The van der Waals surface area contributed by atoms with Gasteiger partial charge < -0.3 is 10.2 Å². The molecule has 0 bridgehead atoms. The number of aliphatic hydroxyl groups is 1. The first-order chi connectivity index (χ1) is 4.57. The molecule has 0 aromatic carbocycles. The van der Waals surface area contributed by atoms with Crippen LogP contribution in [0.1, 0.15) is 13.8 Å². The molecule has 2 N–H and O–H groups in total. The van der Waals surface area contributed by atoms with Gasteiger partial charge in [0.15, 0.2) is 0 Å². The van der Waals surface area contributed by atoms with Gasteiger partial charge in [-0.05, 0) is 11.5 Å². The predicted octanol–water partition coefficient (Wildman–Crippen LogP) is 0.646. The summed E-state index contributed by atoms with van der Waals surface area (Å²) < 4.78 is 0. The Morgan fingerprint density at radius 2 is 2.10 bits per heavy atom. The minimum Gasteiger partial charge on any atom is -0.478 e. The van der Waals surface area contributed by atoms with E-state index in [1.807, 2.05) is 13.8 Å². The predicted molar refractivity (Wildman–Crippen MR) is 37.6 cm³/mol. The van der Waals surface area contributed by atoms with E-state index in [1.165, 1.54) is 0 Å². The van der Waals surface area contributed by atoms with Crippen LogP contribution in [-0.4, -0.2) is 22.8 Å². The smallest absolute Gasteiger partial charge is 0.328 e. The molecule has 0 aliphatic carbocycles. The van der Waals surface area contributed by atoms with Gasteiger partial charge in [-0.2, -0.15) is 0 Å². The van der Waals surface area contributed by atoms with Gasteiger partial charge in [-0.15, -0.1) is 0 Å². The summed E-state index contributed by atoms with van der Waals surface area (Å²) in [6.07, 6.45) is 1.05. The van der Waals surface area contributed by atoms with Gasteiger partial charge in [0.25, 0.3) is 0 Å². The summed E-state index contributed by atoms with van der Waals surface area (Å²) in [5, 5.41) is 16.9. The number of carbonyl (C=O) groups is 1. The molecule has 0 unspecified atom stereocenters. The van der Waals surface area contributed by atoms with E-state index in [-0.39, 0.29) is 12.5 Å². The molecule has 0 aliphatic rings. The summed E-state index contributed by atoms with van der Waals surface area (Å²) in [5.41, 5.74) is 0.549. The first-order valence-electron chi connectivity index (χ1n) is 3.12. The van der Waals surface area contributed by atoms with Gasteiger partial charge in [0.2, 0.25) is 0 Å². The number of carboxylic acid groups (broad SMARTS) is 1. The van der Waals surface area contributed by atoms with Crippen LogP contribution in [0.3, 0.4) is 0 Å². The molecule has 58 valence electrons. The molecule has 0 saturated carbocycles. The van der Waals surface area contributed by atoms with Crippen molar-refractivity contribution in [2.24, 2.45) is 5.92 Å². The normalized spacial score (nSPS) is 12.2. The van der Waals surface area contributed by atoms with Crippen LogP contribution < -0.4 is 0 Å². The van der Waals surface area contributed by atoms with Crippen molar-refractivity contribution in [1.29, 1.82) is 0 Å². The molecule has 0 atom stereocenters. The average Bonchev–Trinajstić information content (AvgIpc) is 1.81. The SMILES string of the molecule is CC(C)/C(=C/C(=O)O)CO. The van der Waals surface area contributed by atoms with Crippen LogP contribution in [0.25, 0.3) is 0 Å². The second-order valence-corrected chi connectivity index (χ2v) is 2.37. The lowest BCUT2D eigenvalue weighted by Gasteiger charge is -2.04. The quantitative estimate of drug-likeness (QED) is 0.571. The zero-order chi connectivity index (χ0) is 8.15. The van der Waals surface area contributed by atoms with Gasteiger partial charge >= 0.3 is 5.97 Å². The second kappa shape index (κ2) is 4.06. The van der Waals surface area contributed by atoms with Crippen molar-refractivity contribution in [3.63, 3.8) is 0 Å². The number of aliphatic hydroxyl groups excluding tert-OH is 1. The van der Waals surface area contributed by atoms with Crippen molar-refractivity contribution in [2.45, 2.75) is 13.8 Å². The maximum Gasteiger partial charge on any atom is 0.328 e. The Hall–Kier alpha value is -0.830. The highest BCUT2D eigenvalue weighted by atomic mass is 16.4. The number of rotatable bonds is 3. The number of hydrogen-bond acceptors (Lipinski definition) is 2. The standard InChI is InChI=1S/C7H12O3/c1-5(2)6(4-8)3-7(9)10/h3,5,8H,4H2,1-2H3,(H,9,10)/b6-3+. The third-order valence-corrected chi connectivity index (χ3v) is 1.23. The highest BCUT2D eigenvalue weighted by molar-refractivity contribution is 5.80. The molecule has 0 aliphatic heterocycles. The molecule has 0 radical (unpaired) electrons. The lowest BCUT2D eigenvalue weighted by Crippen LogP contribution is -2.02. The minimum atomic E-state index is -1.00. The molecule has 0 spiro atoms. The second-order valence-electron chi connectivity index (χ2n) is 2.37. The van der Waals surface area contributed by atoms with Gasteiger partial charge in [-0.1, -0.05) is 13.8 Å². The zero-order valence-corrected chi connectivity index (χ0v) is 6.16. The van der Waals surface area contributed by atoms with E-state index in [9.17, 15) is 4.79 Å². The highest BCUT2D eigenvalue weighted by Crippen LogP contribution is 2.07. The fourth-order valence-corrected chi connectivity index (χ4v) is 0.553. The van der Waals surface area contributed by atoms with E-state index in [1.54, 1.807) is 0 Å². The third kappa shape index (κ3) is 3.25. The Morgan fingerprint density at radius 3 is 2.20 bits per heavy atom. The van der Waals surface area contributed by atoms with Crippen LogP contribution in [0.4, 0.5) is 0 Å². The van der Waals surface area contributed by atoms with Crippen molar-refractivity contribution in [3.8, 4) is 0 Å². The molecule has 10 heavy (non-hydrogen) atoms. The van der Waals surface area contributed by atoms with Crippen LogP contribution in [-0.2, 0) is 4.79 Å². The van der Waals surface area contributed by atoms with Crippen molar-refractivity contribution < 1.29 is 15.0 Å². The van der Waals surface area contributed by atoms with Crippen molar-refractivity contribution in [2.75, 3.05) is 6.61 Å². The average molecular weight is 144 g/mol. The Bertz CT molecular complexity index is 147. The number of hydrogen-bond donors (Lipinski definition) is 2. The number of carboxylic acids is 1. The lowest BCUT2D eigenvalue weighted by molar-refractivity contribution is -0.131.